The second-order valence-corrected chi connectivity index (χ2v) is 17.6. The quantitative estimate of drug-likeness (QED) is 0.0433. The average molecular weight is 683 g/mol. The van der Waals surface area contributed by atoms with Gasteiger partial charge in [0.15, 0.2) is 11.5 Å². The molecule has 3 aliphatic rings. The molecule has 1 heterocycles. The molecule has 3 aliphatic carbocycles. The number of ketones is 2. The lowest BCUT2D eigenvalue weighted by molar-refractivity contribution is 0.103. The predicted molar refractivity (Wildman–Crippen MR) is 190 cm³/mol. The molecule has 3 aromatic carbocycles. The largest absolute Gasteiger partial charge is 0.458 e. The molecule has 4 aromatic rings. The third-order valence-electron chi connectivity index (χ3n) is 10.9. The number of hydrogen-bond donors (Lipinski definition) is 0. The average Bonchev–Trinajstić information content (AvgIpc) is 3.95. The first-order valence-electron chi connectivity index (χ1n) is 17.5. The van der Waals surface area contributed by atoms with Crippen molar-refractivity contribution in [2.75, 3.05) is 6.67 Å². The molecule has 10 heteroatoms. The van der Waals surface area contributed by atoms with E-state index in [1.54, 1.807) is 18.2 Å². The third-order valence-corrected chi connectivity index (χ3v) is 16.5. The molecule has 7 rings (SSSR count). The molecule has 49 heavy (non-hydrogen) atoms. The van der Waals surface area contributed by atoms with Crippen molar-refractivity contribution in [2.24, 2.45) is 9.90 Å². The van der Waals surface area contributed by atoms with Crippen LogP contribution in [0.4, 0.5) is 9.18 Å². The minimum absolute atomic E-state index is 0.0997. The number of nitrogens with zero attached hydrogens (tertiary/aromatic N) is 2. The molecule has 254 valence electrons. The van der Waals surface area contributed by atoms with Crippen LogP contribution in [-0.2, 0) is 4.84 Å². The number of Topliss-reactive ketones (excluding diaryl/α,β-unsaturated/α-hetero) is 1. The van der Waals surface area contributed by atoms with E-state index in [1.165, 1.54) is 12.1 Å². The second-order valence-electron chi connectivity index (χ2n) is 13.6. The van der Waals surface area contributed by atoms with Crippen molar-refractivity contribution in [3.8, 4) is 0 Å². The number of amides is 1. The van der Waals surface area contributed by atoms with E-state index in [9.17, 15) is 23.6 Å². The lowest BCUT2D eigenvalue weighted by atomic mass is 9.96. The number of carbonyl (C=O) groups is 3. The summed E-state index contributed by atoms with van der Waals surface area (Å²) >= 11 is 0. The minimum atomic E-state index is -2.11. The molecule has 0 unspecified atom stereocenters. The lowest BCUT2D eigenvalue weighted by Crippen LogP contribution is -2.25. The van der Waals surface area contributed by atoms with Crippen LogP contribution in [0.3, 0.4) is 0 Å². The molecule has 0 atom stereocenters. The maximum atomic E-state index is 14.2. The maximum Gasteiger partial charge on any atom is 0.458 e. The number of oxime groups is 1. The highest BCUT2D eigenvalue weighted by molar-refractivity contribution is 7.68. The van der Waals surface area contributed by atoms with Gasteiger partial charge in [-0.15, -0.1) is 0 Å². The van der Waals surface area contributed by atoms with Crippen LogP contribution in [0.5, 0.6) is 0 Å². The molecule has 1 amide bonds. The van der Waals surface area contributed by atoms with E-state index in [4.69, 9.17) is 14.0 Å². The number of rotatable bonds is 9. The predicted octanol–water partition coefficient (Wildman–Crippen LogP) is 9.85. The van der Waals surface area contributed by atoms with E-state index in [0.717, 1.165) is 87.8 Å². The summed E-state index contributed by atoms with van der Waals surface area (Å²) in [5.41, 5.74) is -0.0575. The molecule has 0 saturated heterocycles. The molecule has 0 radical (unpaired) electrons. The van der Waals surface area contributed by atoms with Crippen molar-refractivity contribution in [1.29, 1.82) is 0 Å². The van der Waals surface area contributed by atoms with E-state index in [-0.39, 0.29) is 11.4 Å². The Morgan fingerprint density at radius 2 is 1.37 bits per heavy atom. The Bertz CT molecular complexity index is 2020. The summed E-state index contributed by atoms with van der Waals surface area (Å²) in [6, 6.07) is 18.9. The van der Waals surface area contributed by atoms with Crippen LogP contribution >= 0.6 is 7.05 Å². The van der Waals surface area contributed by atoms with Crippen LogP contribution in [0.25, 0.3) is 21.7 Å². The first-order valence-corrected chi connectivity index (χ1v) is 19.4. The Labute approximate surface area is 284 Å². The van der Waals surface area contributed by atoms with Crippen molar-refractivity contribution in [1.82, 2.24) is 0 Å². The molecular weight excluding hydrogens is 642 g/mol. The highest BCUT2D eigenvalue weighted by Gasteiger charge is 2.47. The van der Waals surface area contributed by atoms with Crippen molar-refractivity contribution in [2.45, 2.75) is 94.0 Å². The van der Waals surface area contributed by atoms with Crippen LogP contribution in [0.15, 0.2) is 85.8 Å². The number of hydrogen-bond acceptors (Lipinski definition) is 7. The molecule has 3 fully saturated rings. The maximum absolute atomic E-state index is 14.2. The van der Waals surface area contributed by atoms with Crippen LogP contribution < -0.4 is 5.63 Å². The fourth-order valence-electron chi connectivity index (χ4n) is 8.62. The summed E-state index contributed by atoms with van der Waals surface area (Å²) in [7, 11) is -2.11. The van der Waals surface area contributed by atoms with Gasteiger partial charge in [-0.05, 0) is 85.5 Å². The van der Waals surface area contributed by atoms with Gasteiger partial charge in [-0.25, -0.2) is 14.0 Å². The first kappa shape index (κ1) is 33.3. The van der Waals surface area contributed by atoms with Crippen LogP contribution in [-0.4, -0.2) is 47.0 Å². The topological polar surface area (TPSA) is 115 Å². The van der Waals surface area contributed by atoms with Gasteiger partial charge in [-0.1, -0.05) is 98.3 Å². The van der Waals surface area contributed by atoms with Crippen molar-refractivity contribution >= 4 is 52.2 Å². The lowest BCUT2D eigenvalue weighted by Gasteiger charge is -2.40. The SMILES string of the molecule is O=C(N=P(C1CCCC1)(C1CCCC1)C1CCCC1)O/N=C(/CF)C(=O)c1cc2ccc(C(=O)c3cccc4ccccc34)cc2oc1=O. The van der Waals surface area contributed by atoms with Gasteiger partial charge in [0.2, 0.25) is 5.78 Å². The molecule has 0 spiro atoms. The van der Waals surface area contributed by atoms with Crippen molar-refractivity contribution < 1.29 is 28.0 Å². The molecule has 8 nitrogen and oxygen atoms in total. The number of alkyl halides is 1. The standard InChI is InChI=1S/C39H40FN2O6P/c40-24-34(41-48-39(46)42-49(28-12-2-3-13-28,29-14-4-5-15-29)30-16-6-7-17-30)37(44)33-22-26-20-21-27(23-35(26)47-38(33)45)36(43)32-19-9-11-25-10-1-8-18-31(25)32/h1,8-11,18-23,28-30H,2-7,12-17,24H2/b41-34-. The Kier molecular flexibility index (Phi) is 9.73. The molecular formula is C39H40FN2O6P. The Balaban J connectivity index is 1.15. The zero-order valence-electron chi connectivity index (χ0n) is 27.4. The molecule has 0 bridgehead atoms. The zero-order valence-corrected chi connectivity index (χ0v) is 28.3. The van der Waals surface area contributed by atoms with Crippen LogP contribution in [0.1, 0.15) is 103 Å². The van der Waals surface area contributed by atoms with E-state index < -0.39 is 42.5 Å². The molecule has 0 N–H and O–H groups in total. The van der Waals surface area contributed by atoms with Gasteiger partial charge in [0.25, 0.3) is 0 Å². The fraction of sp³-hybridized carbons (Fsp3) is 0.410. The summed E-state index contributed by atoms with van der Waals surface area (Å²) < 4.78 is 24.6. The Morgan fingerprint density at radius 1 is 0.755 bits per heavy atom. The number of carbonyl (C=O) groups excluding carboxylic acids is 3. The highest BCUT2D eigenvalue weighted by Crippen LogP contribution is 2.72. The van der Waals surface area contributed by atoms with Gasteiger partial charge in [-0.3, -0.25) is 14.4 Å². The van der Waals surface area contributed by atoms with Gasteiger partial charge < -0.3 is 4.42 Å². The molecule has 3 saturated carbocycles. The van der Waals surface area contributed by atoms with Crippen molar-refractivity contribution in [3.05, 3.63) is 93.8 Å². The van der Waals surface area contributed by atoms with Gasteiger partial charge >= 0.3 is 11.7 Å². The summed E-state index contributed by atoms with van der Waals surface area (Å²) in [5, 5.41) is 5.72. The van der Waals surface area contributed by atoms with E-state index in [0.29, 0.717) is 33.5 Å². The van der Waals surface area contributed by atoms with E-state index >= 15 is 0 Å². The fourth-order valence-corrected chi connectivity index (χ4v) is 14.8. The monoisotopic (exact) mass is 682 g/mol. The van der Waals surface area contributed by atoms with Gasteiger partial charge in [-0.2, -0.15) is 4.74 Å². The van der Waals surface area contributed by atoms with Crippen LogP contribution in [0.2, 0.25) is 0 Å². The van der Waals surface area contributed by atoms with Crippen molar-refractivity contribution in [3.63, 3.8) is 0 Å². The van der Waals surface area contributed by atoms with Gasteiger partial charge in [0.05, 0.1) is 0 Å². The first-order chi connectivity index (χ1) is 23.9. The highest BCUT2D eigenvalue weighted by atomic mass is 31.2. The van der Waals surface area contributed by atoms with Crippen LogP contribution in [0, 0.1) is 0 Å². The third kappa shape index (κ3) is 6.45. The molecule has 1 aromatic heterocycles. The number of fused-ring (bicyclic) bond motifs is 2. The summed E-state index contributed by atoms with van der Waals surface area (Å²) in [6.07, 6.45) is 12.4. The minimum Gasteiger partial charge on any atom is -0.422 e. The van der Waals surface area contributed by atoms with Gasteiger partial charge in [0, 0.05) is 16.5 Å². The van der Waals surface area contributed by atoms with E-state index in [1.807, 2.05) is 36.4 Å². The number of halogens is 1. The normalized spacial score (nSPS) is 18.0. The zero-order chi connectivity index (χ0) is 34.0. The number of benzene rings is 3. The Morgan fingerprint density at radius 3 is 2.00 bits per heavy atom. The summed E-state index contributed by atoms with van der Waals surface area (Å²) in [4.78, 5) is 58.4. The summed E-state index contributed by atoms with van der Waals surface area (Å²) in [6.45, 7) is -1.35. The summed E-state index contributed by atoms with van der Waals surface area (Å²) in [5.74, 6) is -1.29. The van der Waals surface area contributed by atoms with Gasteiger partial charge in [0.1, 0.15) is 17.8 Å². The smallest absolute Gasteiger partial charge is 0.422 e. The Hall–Kier alpha value is -4.23. The second kappa shape index (κ2) is 14.3. The molecule has 0 aliphatic heterocycles. The van der Waals surface area contributed by atoms with E-state index in [2.05, 4.69) is 5.16 Å².